The second kappa shape index (κ2) is 4.69. The van der Waals surface area contributed by atoms with Crippen LogP contribution in [0, 0.1) is 5.92 Å². The third-order valence-corrected chi connectivity index (χ3v) is 6.31. The van der Waals surface area contributed by atoms with Crippen LogP contribution in [0.1, 0.15) is 33.1 Å². The summed E-state index contributed by atoms with van der Waals surface area (Å²) in [6, 6.07) is 0. The van der Waals surface area contributed by atoms with Crippen molar-refractivity contribution in [3.05, 3.63) is 23.8 Å². The zero-order valence-electron chi connectivity index (χ0n) is 11.1. The van der Waals surface area contributed by atoms with Crippen molar-refractivity contribution in [1.29, 1.82) is 0 Å². The quantitative estimate of drug-likeness (QED) is 0.453. The zero-order chi connectivity index (χ0) is 11.6. The largest absolute Gasteiger partial charge is 0.0996 e. The van der Waals surface area contributed by atoms with Gasteiger partial charge in [0.15, 0.2) is 0 Å². The second-order valence-electron chi connectivity index (χ2n) is 6.29. The van der Waals surface area contributed by atoms with Gasteiger partial charge in [0.25, 0.3) is 0 Å². The van der Waals surface area contributed by atoms with E-state index >= 15 is 0 Å². The zero-order valence-corrected chi connectivity index (χ0v) is 12.1. The Morgan fingerprint density at radius 3 is 2.33 bits per heavy atom. The molecule has 1 rings (SSSR count). The Morgan fingerprint density at radius 1 is 1.33 bits per heavy atom. The van der Waals surface area contributed by atoms with Crippen LogP contribution in [-0.4, -0.2) is 8.07 Å². The minimum atomic E-state index is -0.887. The second-order valence-corrected chi connectivity index (χ2v) is 11.8. The maximum absolute atomic E-state index is 4.27. The molecule has 0 aromatic rings. The molecular weight excluding hydrogens is 196 g/mol. The van der Waals surface area contributed by atoms with Crippen LogP contribution < -0.4 is 0 Å². The van der Waals surface area contributed by atoms with Gasteiger partial charge in [-0.2, -0.15) is 0 Å². The van der Waals surface area contributed by atoms with Crippen molar-refractivity contribution < 1.29 is 0 Å². The van der Waals surface area contributed by atoms with Gasteiger partial charge in [-0.15, -0.1) is 0 Å². The fraction of sp³-hybridized carbons (Fsp3) is 0.714. The fourth-order valence-electron chi connectivity index (χ4n) is 2.33. The number of hydrogen-bond acceptors (Lipinski definition) is 0. The van der Waals surface area contributed by atoms with Crippen LogP contribution in [0.25, 0.3) is 0 Å². The third-order valence-electron chi connectivity index (χ3n) is 3.45. The molecule has 0 aliphatic heterocycles. The molecule has 0 spiro atoms. The number of hydrogen-bond donors (Lipinski definition) is 0. The minimum absolute atomic E-state index is 0.877. The molecule has 0 aromatic carbocycles. The van der Waals surface area contributed by atoms with Crippen molar-refractivity contribution in [2.75, 3.05) is 0 Å². The summed E-state index contributed by atoms with van der Waals surface area (Å²) in [4.78, 5) is 0. The van der Waals surface area contributed by atoms with Gasteiger partial charge in [0, 0.05) is 8.07 Å². The van der Waals surface area contributed by atoms with E-state index in [-0.39, 0.29) is 0 Å². The standard InChI is InChI=1S/C14H26Si/c1-11(2)8-7-9-12(3)13-10-14(13)15(4,5)6/h8,13-14H,3,7,9-10H2,1-2,4-6H3. The molecule has 1 saturated carbocycles. The molecule has 0 saturated heterocycles. The summed E-state index contributed by atoms with van der Waals surface area (Å²) >= 11 is 0. The van der Waals surface area contributed by atoms with E-state index in [1.807, 2.05) is 0 Å². The van der Waals surface area contributed by atoms with E-state index in [9.17, 15) is 0 Å². The van der Waals surface area contributed by atoms with Gasteiger partial charge < -0.3 is 0 Å². The molecular formula is C14H26Si. The lowest BCUT2D eigenvalue weighted by atomic mass is 10.1. The summed E-state index contributed by atoms with van der Waals surface area (Å²) in [6.07, 6.45) is 6.16. The fourth-order valence-corrected chi connectivity index (χ4v) is 4.74. The lowest BCUT2D eigenvalue weighted by molar-refractivity contribution is 0.858. The molecule has 2 unspecified atom stereocenters. The predicted octanol–water partition coefficient (Wildman–Crippen LogP) is 5.02. The first-order valence-corrected chi connectivity index (χ1v) is 9.71. The highest BCUT2D eigenvalue weighted by Gasteiger charge is 2.46. The van der Waals surface area contributed by atoms with Crippen LogP contribution in [0.15, 0.2) is 23.8 Å². The van der Waals surface area contributed by atoms with Gasteiger partial charge in [0.2, 0.25) is 0 Å². The maximum Gasteiger partial charge on any atom is 0.0479 e. The molecule has 0 bridgehead atoms. The summed E-state index contributed by atoms with van der Waals surface area (Å²) in [5.74, 6) is 0.877. The highest BCUT2D eigenvalue weighted by atomic mass is 28.3. The van der Waals surface area contributed by atoms with Gasteiger partial charge in [0.1, 0.15) is 0 Å². The van der Waals surface area contributed by atoms with Crippen LogP contribution in [0.5, 0.6) is 0 Å². The van der Waals surface area contributed by atoms with Crippen LogP contribution in [0.4, 0.5) is 0 Å². The molecule has 15 heavy (non-hydrogen) atoms. The van der Waals surface area contributed by atoms with E-state index in [2.05, 4.69) is 46.1 Å². The molecule has 2 atom stereocenters. The Bertz CT molecular complexity index is 264. The lowest BCUT2D eigenvalue weighted by Crippen LogP contribution is -2.20. The highest BCUT2D eigenvalue weighted by molar-refractivity contribution is 6.78. The van der Waals surface area contributed by atoms with Crippen molar-refractivity contribution in [2.45, 2.75) is 58.3 Å². The highest BCUT2D eigenvalue weighted by Crippen LogP contribution is 2.55. The topological polar surface area (TPSA) is 0 Å². The van der Waals surface area contributed by atoms with Crippen LogP contribution in [0.3, 0.4) is 0 Å². The van der Waals surface area contributed by atoms with Gasteiger partial charge in [-0.1, -0.05) is 43.4 Å². The van der Waals surface area contributed by atoms with Gasteiger partial charge >= 0.3 is 0 Å². The van der Waals surface area contributed by atoms with Crippen molar-refractivity contribution in [1.82, 2.24) is 0 Å². The normalized spacial score (nSPS) is 24.9. The van der Waals surface area contributed by atoms with Crippen molar-refractivity contribution in [3.8, 4) is 0 Å². The lowest BCUT2D eigenvalue weighted by Gasteiger charge is -2.16. The predicted molar refractivity (Wildman–Crippen MR) is 73.0 cm³/mol. The van der Waals surface area contributed by atoms with Gasteiger partial charge in [-0.3, -0.25) is 0 Å². The first-order chi connectivity index (χ1) is 6.82. The van der Waals surface area contributed by atoms with E-state index in [4.69, 9.17) is 0 Å². The summed E-state index contributed by atoms with van der Waals surface area (Å²) in [7, 11) is -0.887. The first-order valence-electron chi connectivity index (χ1n) is 6.13. The number of rotatable bonds is 5. The molecule has 1 aliphatic rings. The summed E-state index contributed by atoms with van der Waals surface area (Å²) < 4.78 is 0. The molecule has 0 radical (unpaired) electrons. The van der Waals surface area contributed by atoms with Crippen LogP contribution in [0.2, 0.25) is 25.2 Å². The minimum Gasteiger partial charge on any atom is -0.0996 e. The molecule has 86 valence electrons. The molecule has 0 aromatic heterocycles. The Labute approximate surface area is 96.5 Å². The average Bonchev–Trinajstić information content (AvgIpc) is 2.79. The Balaban J connectivity index is 2.30. The van der Waals surface area contributed by atoms with E-state index in [1.165, 1.54) is 30.4 Å². The van der Waals surface area contributed by atoms with Crippen molar-refractivity contribution in [2.24, 2.45) is 5.92 Å². The van der Waals surface area contributed by atoms with Crippen molar-refractivity contribution in [3.63, 3.8) is 0 Å². The van der Waals surface area contributed by atoms with E-state index in [0.717, 1.165) is 11.5 Å². The number of allylic oxidation sites excluding steroid dienone is 3. The van der Waals surface area contributed by atoms with E-state index in [1.54, 1.807) is 0 Å². The van der Waals surface area contributed by atoms with E-state index in [0.29, 0.717) is 0 Å². The Kier molecular flexibility index (Phi) is 3.99. The van der Waals surface area contributed by atoms with E-state index < -0.39 is 8.07 Å². The maximum atomic E-state index is 4.27. The van der Waals surface area contributed by atoms with Crippen LogP contribution in [-0.2, 0) is 0 Å². The Hall–Kier alpha value is -0.303. The summed E-state index contributed by atoms with van der Waals surface area (Å²) in [6.45, 7) is 16.1. The van der Waals surface area contributed by atoms with Gasteiger partial charge in [0.05, 0.1) is 0 Å². The molecule has 1 aliphatic carbocycles. The molecule has 0 amide bonds. The molecule has 1 heteroatoms. The smallest absolute Gasteiger partial charge is 0.0479 e. The summed E-state index contributed by atoms with van der Waals surface area (Å²) in [5, 5.41) is 0. The Morgan fingerprint density at radius 2 is 1.93 bits per heavy atom. The molecule has 1 fully saturated rings. The van der Waals surface area contributed by atoms with Crippen molar-refractivity contribution >= 4 is 8.07 Å². The SMILES string of the molecule is C=C(CCC=C(C)C)C1CC1[Si](C)(C)C. The van der Waals surface area contributed by atoms with Gasteiger partial charge in [-0.25, -0.2) is 0 Å². The summed E-state index contributed by atoms with van der Waals surface area (Å²) in [5.41, 5.74) is 3.97. The first kappa shape index (κ1) is 12.8. The molecule has 0 N–H and O–H groups in total. The van der Waals surface area contributed by atoms with Crippen LogP contribution >= 0.6 is 0 Å². The van der Waals surface area contributed by atoms with Gasteiger partial charge in [-0.05, 0) is 44.6 Å². The average molecular weight is 222 g/mol. The third kappa shape index (κ3) is 3.98. The monoisotopic (exact) mass is 222 g/mol. The molecule has 0 heterocycles. The molecule has 0 nitrogen and oxygen atoms in total.